The molecule has 1 aliphatic rings. The zero-order chi connectivity index (χ0) is 16.4. The van der Waals surface area contributed by atoms with Crippen LogP contribution in [0.15, 0.2) is 23.2 Å². The molecule has 0 spiro atoms. The first-order valence-electron chi connectivity index (χ1n) is 7.44. The quantitative estimate of drug-likeness (QED) is 0.838. The summed E-state index contributed by atoms with van der Waals surface area (Å²) in [5.41, 5.74) is 0. The fraction of sp³-hybridized carbons (Fsp3) is 0.571. The average Bonchev–Trinajstić information content (AvgIpc) is 3.23. The first kappa shape index (κ1) is 15.6. The molecule has 1 amide bonds. The smallest absolute Gasteiger partial charge is 0.267 e. The fourth-order valence-electron chi connectivity index (χ4n) is 2.63. The molecule has 2 aromatic rings. The summed E-state index contributed by atoms with van der Waals surface area (Å²) in [6.45, 7) is 1.61. The summed E-state index contributed by atoms with van der Waals surface area (Å²) in [5.74, 6) is -2.79. The van der Waals surface area contributed by atoms with Crippen LogP contribution in [-0.2, 0) is 17.8 Å². The molecule has 1 fully saturated rings. The molecule has 0 aromatic carbocycles. The van der Waals surface area contributed by atoms with Gasteiger partial charge in [0.2, 0.25) is 11.8 Å². The van der Waals surface area contributed by atoms with Crippen LogP contribution >= 0.6 is 0 Å². The largest absolute Gasteiger partial charge is 0.337 e. The van der Waals surface area contributed by atoms with E-state index in [0.29, 0.717) is 18.8 Å². The van der Waals surface area contributed by atoms with Gasteiger partial charge in [-0.2, -0.15) is 4.98 Å². The number of alkyl halides is 2. The van der Waals surface area contributed by atoms with Crippen molar-refractivity contribution in [1.82, 2.24) is 24.6 Å². The Morgan fingerprint density at radius 1 is 1.52 bits per heavy atom. The lowest BCUT2D eigenvalue weighted by atomic mass is 10.2. The van der Waals surface area contributed by atoms with Gasteiger partial charge < -0.3 is 14.0 Å². The molecular weight excluding hydrogens is 308 g/mol. The van der Waals surface area contributed by atoms with Gasteiger partial charge in [-0.05, 0) is 0 Å². The van der Waals surface area contributed by atoms with E-state index in [1.165, 1.54) is 0 Å². The van der Waals surface area contributed by atoms with Gasteiger partial charge in [0.15, 0.2) is 5.82 Å². The molecule has 1 atom stereocenters. The van der Waals surface area contributed by atoms with Crippen LogP contribution in [0.1, 0.15) is 37.5 Å². The molecule has 2 aromatic heterocycles. The van der Waals surface area contributed by atoms with Crippen molar-refractivity contribution >= 4 is 5.91 Å². The van der Waals surface area contributed by atoms with Crippen molar-refractivity contribution in [2.45, 2.75) is 44.7 Å². The van der Waals surface area contributed by atoms with Crippen LogP contribution in [0.4, 0.5) is 8.78 Å². The maximum atomic E-state index is 13.8. The Labute approximate surface area is 131 Å². The highest BCUT2D eigenvalue weighted by molar-refractivity contribution is 5.77. The second-order valence-electron chi connectivity index (χ2n) is 5.55. The Hall–Kier alpha value is -2.32. The molecular formula is C14H17F2N5O2. The van der Waals surface area contributed by atoms with Crippen LogP contribution in [0, 0.1) is 0 Å². The predicted molar refractivity (Wildman–Crippen MR) is 74.5 cm³/mol. The number of rotatable bonds is 5. The van der Waals surface area contributed by atoms with E-state index in [1.54, 1.807) is 23.3 Å². The van der Waals surface area contributed by atoms with Crippen LogP contribution < -0.4 is 0 Å². The molecule has 0 aliphatic carbocycles. The highest BCUT2D eigenvalue weighted by Gasteiger charge is 2.49. The Bertz CT molecular complexity index is 671. The molecule has 0 unspecified atom stereocenters. The van der Waals surface area contributed by atoms with E-state index in [1.807, 2.05) is 6.92 Å². The molecule has 124 valence electrons. The third kappa shape index (κ3) is 3.38. The third-order valence-electron chi connectivity index (χ3n) is 3.82. The van der Waals surface area contributed by atoms with Crippen molar-refractivity contribution in [3.05, 3.63) is 30.4 Å². The van der Waals surface area contributed by atoms with Gasteiger partial charge in [-0.3, -0.25) is 4.79 Å². The number of aryl methyl sites for hydroxylation is 2. The minimum atomic E-state index is -2.95. The molecule has 0 saturated carbocycles. The molecule has 3 rings (SSSR count). The van der Waals surface area contributed by atoms with Gasteiger partial charge in [0.25, 0.3) is 5.92 Å². The van der Waals surface area contributed by atoms with Crippen molar-refractivity contribution in [2.75, 3.05) is 6.54 Å². The van der Waals surface area contributed by atoms with Crippen molar-refractivity contribution in [2.24, 2.45) is 0 Å². The van der Waals surface area contributed by atoms with E-state index < -0.39 is 24.9 Å². The number of halogens is 2. The molecule has 0 N–H and O–H groups in total. The van der Waals surface area contributed by atoms with E-state index in [9.17, 15) is 13.6 Å². The van der Waals surface area contributed by atoms with Gasteiger partial charge in [-0.1, -0.05) is 12.1 Å². The van der Waals surface area contributed by atoms with Crippen molar-refractivity contribution in [1.29, 1.82) is 0 Å². The molecule has 0 bridgehead atoms. The zero-order valence-corrected chi connectivity index (χ0v) is 12.7. The number of carbonyl (C=O) groups excluding carboxylic acids is 1. The standard InChI is InChI=1S/C14H17F2N5O2/c1-2-11-18-13(23-19-11)10-7-14(15,16)8-21(10)12(22)3-5-20-6-4-17-9-20/h4,6,9-10H,2-3,5,7-8H2,1H3/t10-/m0/s1. The first-order chi connectivity index (χ1) is 11.0. The maximum absolute atomic E-state index is 13.8. The second kappa shape index (κ2) is 6.05. The van der Waals surface area contributed by atoms with Crippen molar-refractivity contribution in [3.63, 3.8) is 0 Å². The van der Waals surface area contributed by atoms with E-state index in [2.05, 4.69) is 15.1 Å². The molecule has 0 radical (unpaired) electrons. The van der Waals surface area contributed by atoms with Crippen molar-refractivity contribution < 1.29 is 18.1 Å². The lowest BCUT2D eigenvalue weighted by molar-refractivity contribution is -0.134. The number of hydrogen-bond donors (Lipinski definition) is 0. The highest BCUT2D eigenvalue weighted by Crippen LogP contribution is 2.40. The number of imidazole rings is 1. The molecule has 1 saturated heterocycles. The summed E-state index contributed by atoms with van der Waals surface area (Å²) in [7, 11) is 0. The highest BCUT2D eigenvalue weighted by atomic mass is 19.3. The Morgan fingerprint density at radius 3 is 3.00 bits per heavy atom. The Kier molecular flexibility index (Phi) is 4.10. The predicted octanol–water partition coefficient (Wildman–Crippen LogP) is 1.83. The average molecular weight is 325 g/mol. The van der Waals surface area contributed by atoms with Gasteiger partial charge >= 0.3 is 0 Å². The molecule has 23 heavy (non-hydrogen) atoms. The first-order valence-corrected chi connectivity index (χ1v) is 7.44. The number of amides is 1. The summed E-state index contributed by atoms with van der Waals surface area (Å²) < 4.78 is 34.4. The van der Waals surface area contributed by atoms with Crippen LogP contribution in [0.3, 0.4) is 0 Å². The molecule has 1 aliphatic heterocycles. The maximum Gasteiger partial charge on any atom is 0.267 e. The van der Waals surface area contributed by atoms with Crippen LogP contribution in [0.5, 0.6) is 0 Å². The number of likely N-dealkylation sites (tertiary alicyclic amines) is 1. The number of hydrogen-bond acceptors (Lipinski definition) is 5. The summed E-state index contributed by atoms with van der Waals surface area (Å²) in [4.78, 5) is 21.5. The number of carbonyl (C=O) groups is 1. The van der Waals surface area contributed by atoms with Gasteiger partial charge in [-0.25, -0.2) is 13.8 Å². The Balaban J connectivity index is 1.73. The number of aromatic nitrogens is 4. The minimum absolute atomic E-state index is 0.0787. The lowest BCUT2D eigenvalue weighted by Crippen LogP contribution is -2.33. The second-order valence-corrected chi connectivity index (χ2v) is 5.55. The van der Waals surface area contributed by atoms with Gasteiger partial charge in [0.1, 0.15) is 6.04 Å². The monoisotopic (exact) mass is 325 g/mol. The van der Waals surface area contributed by atoms with Gasteiger partial charge in [0, 0.05) is 38.2 Å². The Morgan fingerprint density at radius 2 is 2.35 bits per heavy atom. The normalized spacial score (nSPS) is 20.1. The summed E-state index contributed by atoms with van der Waals surface area (Å²) in [5, 5.41) is 3.73. The van der Waals surface area contributed by atoms with Gasteiger partial charge in [-0.15, -0.1) is 0 Å². The minimum Gasteiger partial charge on any atom is -0.337 e. The summed E-state index contributed by atoms with van der Waals surface area (Å²) in [6, 6.07) is -0.868. The summed E-state index contributed by atoms with van der Waals surface area (Å²) in [6.07, 6.45) is 5.06. The number of nitrogens with zero attached hydrogens (tertiary/aromatic N) is 5. The van der Waals surface area contributed by atoms with E-state index in [0.717, 1.165) is 4.90 Å². The van der Waals surface area contributed by atoms with E-state index >= 15 is 0 Å². The van der Waals surface area contributed by atoms with Crippen LogP contribution in [0.25, 0.3) is 0 Å². The van der Waals surface area contributed by atoms with Gasteiger partial charge in [0.05, 0.1) is 12.9 Å². The lowest BCUT2D eigenvalue weighted by Gasteiger charge is -2.21. The fourth-order valence-corrected chi connectivity index (χ4v) is 2.63. The zero-order valence-electron chi connectivity index (χ0n) is 12.7. The topological polar surface area (TPSA) is 77.0 Å². The molecule has 3 heterocycles. The summed E-state index contributed by atoms with van der Waals surface area (Å²) >= 11 is 0. The van der Waals surface area contributed by atoms with Crippen LogP contribution in [0.2, 0.25) is 0 Å². The van der Waals surface area contributed by atoms with Crippen LogP contribution in [-0.4, -0.2) is 43.0 Å². The van der Waals surface area contributed by atoms with E-state index in [-0.39, 0.29) is 18.2 Å². The SMILES string of the molecule is CCc1noc([C@@H]2CC(F)(F)CN2C(=O)CCn2ccnc2)n1. The molecule has 9 heteroatoms. The van der Waals surface area contributed by atoms with E-state index in [4.69, 9.17) is 4.52 Å². The third-order valence-corrected chi connectivity index (χ3v) is 3.82. The molecule has 7 nitrogen and oxygen atoms in total. The van der Waals surface area contributed by atoms with Crippen molar-refractivity contribution in [3.8, 4) is 0 Å².